The molecule has 3 heteroatoms. The molecule has 0 spiro atoms. The van der Waals surface area contributed by atoms with Crippen LogP contribution < -0.4 is 10.2 Å². The molecule has 1 aromatic heterocycles. The largest absolute Gasteiger partial charge is 0.369 e. The molecular formula is C15H25N3. The van der Waals surface area contributed by atoms with E-state index < -0.39 is 0 Å². The molecule has 2 rings (SSSR count). The van der Waals surface area contributed by atoms with Crippen LogP contribution in [0.3, 0.4) is 0 Å². The summed E-state index contributed by atoms with van der Waals surface area (Å²) in [7, 11) is 0. The topological polar surface area (TPSA) is 28.2 Å². The Morgan fingerprint density at radius 2 is 2.17 bits per heavy atom. The lowest BCUT2D eigenvalue weighted by Crippen LogP contribution is -2.27. The highest BCUT2D eigenvalue weighted by atomic mass is 15.2. The Morgan fingerprint density at radius 3 is 3.06 bits per heavy atom. The van der Waals surface area contributed by atoms with E-state index >= 15 is 0 Å². The first kappa shape index (κ1) is 13.3. The summed E-state index contributed by atoms with van der Waals surface area (Å²) in [6, 6.07) is 2.33. The van der Waals surface area contributed by atoms with Gasteiger partial charge in [0.25, 0.3) is 0 Å². The molecule has 2 heterocycles. The Morgan fingerprint density at radius 1 is 1.22 bits per heavy atom. The molecule has 0 aliphatic carbocycles. The van der Waals surface area contributed by atoms with Crippen molar-refractivity contribution in [1.82, 2.24) is 10.3 Å². The molecule has 0 unspecified atom stereocenters. The fraction of sp³-hybridized carbons (Fsp3) is 0.667. The Balaban J connectivity index is 1.96. The number of nitrogens with zero attached hydrogens (tertiary/aromatic N) is 2. The molecule has 0 amide bonds. The van der Waals surface area contributed by atoms with Crippen molar-refractivity contribution in [2.75, 3.05) is 31.1 Å². The number of pyridine rings is 1. The number of aryl methyl sites for hydroxylation is 1. The van der Waals surface area contributed by atoms with Gasteiger partial charge in [-0.15, -0.1) is 0 Å². The molecule has 0 radical (unpaired) electrons. The van der Waals surface area contributed by atoms with Crippen LogP contribution in [0, 0.1) is 0 Å². The highest BCUT2D eigenvalue weighted by Crippen LogP contribution is 2.17. The third-order valence-electron chi connectivity index (χ3n) is 3.55. The van der Waals surface area contributed by atoms with E-state index in [0.717, 1.165) is 26.2 Å². The molecule has 1 aromatic rings. The Bertz CT molecular complexity index is 343. The number of unbranched alkanes of at least 4 members (excludes halogenated alkanes) is 2. The van der Waals surface area contributed by atoms with Gasteiger partial charge in [-0.3, -0.25) is 4.98 Å². The predicted octanol–water partition coefficient (Wildman–Crippen LogP) is 2.61. The molecule has 1 saturated heterocycles. The monoisotopic (exact) mass is 247 g/mol. The normalized spacial score (nSPS) is 16.6. The van der Waals surface area contributed by atoms with E-state index in [1.165, 1.54) is 43.4 Å². The van der Waals surface area contributed by atoms with Crippen molar-refractivity contribution in [3.8, 4) is 0 Å². The fourth-order valence-electron chi connectivity index (χ4n) is 2.47. The molecule has 1 aliphatic rings. The van der Waals surface area contributed by atoms with Gasteiger partial charge < -0.3 is 10.2 Å². The van der Waals surface area contributed by atoms with Crippen molar-refractivity contribution in [3.05, 3.63) is 24.0 Å². The minimum absolute atomic E-state index is 1.08. The summed E-state index contributed by atoms with van der Waals surface area (Å²) in [4.78, 5) is 6.86. The van der Waals surface area contributed by atoms with Crippen LogP contribution in [0.2, 0.25) is 0 Å². The maximum absolute atomic E-state index is 4.41. The zero-order chi connectivity index (χ0) is 12.6. The minimum Gasteiger partial charge on any atom is -0.369 e. The molecule has 0 atom stereocenters. The number of anilines is 1. The van der Waals surface area contributed by atoms with Crippen LogP contribution in [0.5, 0.6) is 0 Å². The summed E-state index contributed by atoms with van der Waals surface area (Å²) in [5.41, 5.74) is 2.69. The lowest BCUT2D eigenvalue weighted by atomic mass is 10.1. The lowest BCUT2D eigenvalue weighted by Gasteiger charge is -2.22. The average Bonchev–Trinajstić information content (AvgIpc) is 2.68. The Labute approximate surface area is 111 Å². The van der Waals surface area contributed by atoms with Gasteiger partial charge in [0.1, 0.15) is 0 Å². The summed E-state index contributed by atoms with van der Waals surface area (Å²) < 4.78 is 0. The van der Waals surface area contributed by atoms with E-state index in [1.807, 2.05) is 12.4 Å². The molecule has 1 N–H and O–H groups in total. The predicted molar refractivity (Wildman–Crippen MR) is 77.2 cm³/mol. The molecule has 3 nitrogen and oxygen atoms in total. The SMILES string of the molecule is CCCCCc1cncc(N2CCCNCC2)c1. The first-order valence-electron chi connectivity index (χ1n) is 7.29. The van der Waals surface area contributed by atoms with Gasteiger partial charge in [0.15, 0.2) is 0 Å². The minimum atomic E-state index is 1.08. The highest BCUT2D eigenvalue weighted by Gasteiger charge is 2.10. The van der Waals surface area contributed by atoms with Gasteiger partial charge >= 0.3 is 0 Å². The maximum Gasteiger partial charge on any atom is 0.0555 e. The van der Waals surface area contributed by atoms with Crippen molar-refractivity contribution < 1.29 is 0 Å². The van der Waals surface area contributed by atoms with Crippen molar-refractivity contribution >= 4 is 5.69 Å². The van der Waals surface area contributed by atoms with E-state index in [1.54, 1.807) is 0 Å². The molecule has 0 saturated carbocycles. The number of nitrogens with one attached hydrogen (secondary N) is 1. The Hall–Kier alpha value is -1.09. The summed E-state index contributed by atoms with van der Waals surface area (Å²) in [5.74, 6) is 0. The van der Waals surface area contributed by atoms with Crippen LogP contribution in [0.15, 0.2) is 18.5 Å². The maximum atomic E-state index is 4.41. The third-order valence-corrected chi connectivity index (χ3v) is 3.55. The molecular weight excluding hydrogens is 222 g/mol. The molecule has 1 fully saturated rings. The van der Waals surface area contributed by atoms with Gasteiger partial charge in [-0.25, -0.2) is 0 Å². The molecule has 1 aliphatic heterocycles. The average molecular weight is 247 g/mol. The quantitative estimate of drug-likeness (QED) is 0.811. The second kappa shape index (κ2) is 7.37. The zero-order valence-electron chi connectivity index (χ0n) is 11.5. The van der Waals surface area contributed by atoms with Crippen molar-refractivity contribution in [1.29, 1.82) is 0 Å². The number of hydrogen-bond acceptors (Lipinski definition) is 3. The number of rotatable bonds is 5. The molecule has 0 aromatic carbocycles. The first-order chi connectivity index (χ1) is 8.90. The summed E-state index contributed by atoms with van der Waals surface area (Å²) in [6.45, 7) is 6.71. The summed E-state index contributed by atoms with van der Waals surface area (Å²) >= 11 is 0. The summed E-state index contributed by atoms with van der Waals surface area (Å²) in [5, 5.41) is 3.44. The van der Waals surface area contributed by atoms with Crippen LogP contribution in [-0.2, 0) is 6.42 Å². The van der Waals surface area contributed by atoms with Gasteiger partial charge in [-0.05, 0) is 37.4 Å². The zero-order valence-corrected chi connectivity index (χ0v) is 11.5. The second-order valence-electron chi connectivity index (χ2n) is 5.10. The van der Waals surface area contributed by atoms with Crippen molar-refractivity contribution in [2.24, 2.45) is 0 Å². The van der Waals surface area contributed by atoms with Crippen LogP contribution in [0.4, 0.5) is 5.69 Å². The third kappa shape index (κ3) is 3.98. The number of aromatic nitrogens is 1. The van der Waals surface area contributed by atoms with Crippen molar-refractivity contribution in [2.45, 2.75) is 39.0 Å². The van der Waals surface area contributed by atoms with Gasteiger partial charge in [-0.1, -0.05) is 19.8 Å². The summed E-state index contributed by atoms with van der Waals surface area (Å²) in [6.07, 6.45) is 10.3. The van der Waals surface area contributed by atoms with Crippen LogP contribution >= 0.6 is 0 Å². The standard InChI is InChI=1S/C15H25N3/c1-2-3-4-6-14-11-15(13-17-12-14)18-9-5-7-16-8-10-18/h11-13,16H,2-10H2,1H3. The first-order valence-corrected chi connectivity index (χ1v) is 7.29. The van der Waals surface area contributed by atoms with E-state index in [2.05, 4.69) is 28.2 Å². The van der Waals surface area contributed by atoms with E-state index in [-0.39, 0.29) is 0 Å². The smallest absolute Gasteiger partial charge is 0.0555 e. The van der Waals surface area contributed by atoms with Gasteiger partial charge in [0.05, 0.1) is 11.9 Å². The Kier molecular flexibility index (Phi) is 5.46. The van der Waals surface area contributed by atoms with Gasteiger partial charge in [0, 0.05) is 25.8 Å². The van der Waals surface area contributed by atoms with Crippen molar-refractivity contribution in [3.63, 3.8) is 0 Å². The van der Waals surface area contributed by atoms with Crippen LogP contribution in [0.25, 0.3) is 0 Å². The molecule has 18 heavy (non-hydrogen) atoms. The molecule has 100 valence electrons. The van der Waals surface area contributed by atoms with Crippen LogP contribution in [-0.4, -0.2) is 31.2 Å². The fourth-order valence-corrected chi connectivity index (χ4v) is 2.47. The number of hydrogen-bond donors (Lipinski definition) is 1. The van der Waals surface area contributed by atoms with Gasteiger partial charge in [-0.2, -0.15) is 0 Å². The lowest BCUT2D eigenvalue weighted by molar-refractivity contribution is 0.715. The molecule has 0 bridgehead atoms. The van der Waals surface area contributed by atoms with E-state index in [0.29, 0.717) is 0 Å². The highest BCUT2D eigenvalue weighted by molar-refractivity contribution is 5.46. The van der Waals surface area contributed by atoms with Gasteiger partial charge in [0.2, 0.25) is 0 Å². The van der Waals surface area contributed by atoms with Crippen LogP contribution in [0.1, 0.15) is 38.2 Å². The van der Waals surface area contributed by atoms with E-state index in [4.69, 9.17) is 0 Å². The van der Waals surface area contributed by atoms with E-state index in [9.17, 15) is 0 Å². The second-order valence-corrected chi connectivity index (χ2v) is 5.10.